The molecule has 0 fully saturated rings. The first-order valence-electron chi connectivity index (χ1n) is 15.5. The Morgan fingerprint density at radius 1 is 0.395 bits per heavy atom. The second-order valence-corrected chi connectivity index (χ2v) is 13.3. The van der Waals surface area contributed by atoms with Crippen LogP contribution in [0.15, 0.2) is 133 Å². The minimum Gasteiger partial charge on any atom is -0.0619 e. The molecule has 0 bridgehead atoms. The molecule has 43 heavy (non-hydrogen) atoms. The van der Waals surface area contributed by atoms with Gasteiger partial charge in [0, 0.05) is 10.8 Å². The van der Waals surface area contributed by atoms with E-state index in [1.165, 1.54) is 76.8 Å². The molecule has 8 rings (SSSR count). The third kappa shape index (κ3) is 3.90. The van der Waals surface area contributed by atoms with E-state index >= 15 is 0 Å². The monoisotopic (exact) mass is 552 g/mol. The van der Waals surface area contributed by atoms with E-state index in [1.54, 1.807) is 0 Å². The third-order valence-corrected chi connectivity index (χ3v) is 10.3. The van der Waals surface area contributed by atoms with Gasteiger partial charge in [0.15, 0.2) is 0 Å². The molecule has 0 aromatic heterocycles. The zero-order valence-corrected chi connectivity index (χ0v) is 25.4. The van der Waals surface area contributed by atoms with Gasteiger partial charge >= 0.3 is 0 Å². The van der Waals surface area contributed by atoms with Crippen molar-refractivity contribution in [1.82, 2.24) is 0 Å². The quantitative estimate of drug-likeness (QED) is 0.190. The predicted octanol–water partition coefficient (Wildman–Crippen LogP) is 11.4. The second-order valence-electron chi connectivity index (χ2n) is 13.3. The van der Waals surface area contributed by atoms with Crippen LogP contribution in [0.2, 0.25) is 0 Å². The average molecular weight is 553 g/mol. The molecular formula is C43H36. The summed E-state index contributed by atoms with van der Waals surface area (Å²) in [6, 6.07) is 50.0. The molecule has 7 aromatic carbocycles. The topological polar surface area (TPSA) is 0 Å². The normalized spacial score (nSPS) is 13.0. The van der Waals surface area contributed by atoms with Crippen LogP contribution < -0.4 is 0 Å². The van der Waals surface area contributed by atoms with Gasteiger partial charge in [-0.25, -0.2) is 0 Å². The highest BCUT2D eigenvalue weighted by atomic mass is 14.3. The molecule has 0 radical (unpaired) electrons. The fourth-order valence-electron chi connectivity index (χ4n) is 7.66. The highest BCUT2D eigenvalue weighted by Crippen LogP contribution is 2.44. The number of rotatable bonds is 4. The summed E-state index contributed by atoms with van der Waals surface area (Å²) in [5, 5.41) is 7.94. The highest BCUT2D eigenvalue weighted by molar-refractivity contribution is 6.25. The van der Waals surface area contributed by atoms with Crippen LogP contribution in [0.1, 0.15) is 61.1 Å². The maximum atomic E-state index is 2.44. The van der Waals surface area contributed by atoms with E-state index in [9.17, 15) is 0 Å². The van der Waals surface area contributed by atoms with Crippen LogP contribution in [0.25, 0.3) is 43.4 Å². The van der Waals surface area contributed by atoms with Gasteiger partial charge < -0.3 is 0 Å². The minimum atomic E-state index is -0.140. The first kappa shape index (κ1) is 26.0. The summed E-state index contributed by atoms with van der Waals surface area (Å²) in [4.78, 5) is 0. The molecule has 1 aliphatic carbocycles. The van der Waals surface area contributed by atoms with Crippen molar-refractivity contribution < 1.29 is 0 Å². The minimum absolute atomic E-state index is 0.0982. The molecule has 1 aliphatic rings. The summed E-state index contributed by atoms with van der Waals surface area (Å²) < 4.78 is 0. The number of benzene rings is 7. The molecule has 0 saturated heterocycles. The van der Waals surface area contributed by atoms with Gasteiger partial charge in [-0.1, -0.05) is 155 Å². The molecule has 0 amide bonds. The fourth-order valence-corrected chi connectivity index (χ4v) is 7.66. The van der Waals surface area contributed by atoms with E-state index < -0.39 is 0 Å². The lowest BCUT2D eigenvalue weighted by Crippen LogP contribution is -2.22. The van der Waals surface area contributed by atoms with Gasteiger partial charge in [-0.2, -0.15) is 0 Å². The standard InChI is InChI=1S/C43H36/c1-42(2,31-24-25-38-36-16-8-7-14-34(36)35-15-9-10-17-37(35)39(38)27-31)29-20-22-30(23-21-29)43(3,4)41-19-11-18-33-32-13-6-5-12-28(32)26-40(33)41/h5-25,27H,26H2,1-4H3. The van der Waals surface area contributed by atoms with E-state index in [4.69, 9.17) is 0 Å². The smallest absolute Gasteiger partial charge is 0.0149 e. The van der Waals surface area contributed by atoms with Crippen molar-refractivity contribution in [3.8, 4) is 11.1 Å². The van der Waals surface area contributed by atoms with Crippen molar-refractivity contribution in [1.29, 1.82) is 0 Å². The van der Waals surface area contributed by atoms with Gasteiger partial charge in [-0.3, -0.25) is 0 Å². The molecular weight excluding hydrogens is 516 g/mol. The van der Waals surface area contributed by atoms with Crippen molar-refractivity contribution >= 4 is 32.3 Å². The Morgan fingerprint density at radius 3 is 1.53 bits per heavy atom. The zero-order chi connectivity index (χ0) is 29.3. The lowest BCUT2D eigenvalue weighted by Gasteiger charge is -2.31. The molecule has 7 aromatic rings. The number of fused-ring (bicyclic) bond motifs is 9. The van der Waals surface area contributed by atoms with Gasteiger partial charge in [0.05, 0.1) is 0 Å². The molecule has 0 saturated carbocycles. The summed E-state index contributed by atoms with van der Waals surface area (Å²) in [6.45, 7) is 9.48. The van der Waals surface area contributed by atoms with Gasteiger partial charge in [-0.15, -0.1) is 0 Å². The van der Waals surface area contributed by atoms with Gasteiger partial charge in [0.2, 0.25) is 0 Å². The van der Waals surface area contributed by atoms with Gasteiger partial charge in [0.1, 0.15) is 0 Å². The average Bonchev–Trinajstić information content (AvgIpc) is 3.43. The summed E-state index contributed by atoms with van der Waals surface area (Å²) in [6.07, 6.45) is 1.02. The number of hydrogen-bond acceptors (Lipinski definition) is 0. The summed E-state index contributed by atoms with van der Waals surface area (Å²) in [5.41, 5.74) is 10.9. The Hall–Kier alpha value is -4.68. The molecule has 0 aliphatic heterocycles. The van der Waals surface area contributed by atoms with Crippen LogP contribution in [0.4, 0.5) is 0 Å². The maximum absolute atomic E-state index is 2.44. The van der Waals surface area contributed by atoms with Crippen molar-refractivity contribution in [2.45, 2.75) is 44.9 Å². The summed E-state index contributed by atoms with van der Waals surface area (Å²) >= 11 is 0. The van der Waals surface area contributed by atoms with E-state index in [-0.39, 0.29) is 10.8 Å². The predicted molar refractivity (Wildman–Crippen MR) is 184 cm³/mol. The van der Waals surface area contributed by atoms with Crippen LogP contribution in [0.5, 0.6) is 0 Å². The molecule has 0 spiro atoms. The van der Waals surface area contributed by atoms with Crippen LogP contribution in [0, 0.1) is 0 Å². The lowest BCUT2D eigenvalue weighted by molar-refractivity contribution is 0.623. The molecule has 0 heteroatoms. The molecule has 0 nitrogen and oxygen atoms in total. The van der Waals surface area contributed by atoms with E-state index in [1.807, 2.05) is 0 Å². The van der Waals surface area contributed by atoms with Crippen molar-refractivity contribution in [3.05, 3.63) is 167 Å². The van der Waals surface area contributed by atoms with E-state index in [2.05, 4.69) is 161 Å². The van der Waals surface area contributed by atoms with Crippen LogP contribution >= 0.6 is 0 Å². The summed E-state index contributed by atoms with van der Waals surface area (Å²) in [5.74, 6) is 0. The van der Waals surface area contributed by atoms with Crippen molar-refractivity contribution in [3.63, 3.8) is 0 Å². The molecule has 0 N–H and O–H groups in total. The SMILES string of the molecule is CC(C)(c1ccc(C(C)(C)c2cccc3c2Cc2ccccc2-3)cc1)c1ccc2c3ccccc3c3ccccc3c2c1. The summed E-state index contributed by atoms with van der Waals surface area (Å²) in [7, 11) is 0. The van der Waals surface area contributed by atoms with Gasteiger partial charge in [-0.05, 0) is 89.3 Å². The van der Waals surface area contributed by atoms with Crippen LogP contribution in [-0.2, 0) is 17.3 Å². The first-order valence-corrected chi connectivity index (χ1v) is 15.5. The van der Waals surface area contributed by atoms with Gasteiger partial charge in [0.25, 0.3) is 0 Å². The zero-order valence-electron chi connectivity index (χ0n) is 25.4. The Bertz CT molecular complexity index is 2160. The molecule has 0 unspecified atom stereocenters. The fraction of sp³-hybridized carbons (Fsp3) is 0.163. The van der Waals surface area contributed by atoms with E-state index in [0.717, 1.165) is 6.42 Å². The second kappa shape index (κ2) is 9.41. The van der Waals surface area contributed by atoms with Crippen LogP contribution in [0.3, 0.4) is 0 Å². The Labute approximate surface area is 254 Å². The Balaban J connectivity index is 1.18. The Kier molecular flexibility index (Phi) is 5.69. The lowest BCUT2D eigenvalue weighted by atomic mass is 9.73. The molecule has 208 valence electrons. The first-order chi connectivity index (χ1) is 20.8. The Morgan fingerprint density at radius 2 is 0.884 bits per heavy atom. The molecule has 0 atom stereocenters. The third-order valence-electron chi connectivity index (χ3n) is 10.3. The van der Waals surface area contributed by atoms with E-state index in [0.29, 0.717) is 0 Å². The van der Waals surface area contributed by atoms with Crippen LogP contribution in [-0.4, -0.2) is 0 Å². The van der Waals surface area contributed by atoms with Crippen molar-refractivity contribution in [2.24, 2.45) is 0 Å². The molecule has 0 heterocycles. The van der Waals surface area contributed by atoms with Crippen molar-refractivity contribution in [2.75, 3.05) is 0 Å². The largest absolute Gasteiger partial charge is 0.0619 e. The highest BCUT2D eigenvalue weighted by Gasteiger charge is 2.31. The maximum Gasteiger partial charge on any atom is 0.0149 e. The number of hydrogen-bond donors (Lipinski definition) is 0.